The lowest BCUT2D eigenvalue weighted by molar-refractivity contribution is 0.160. The van der Waals surface area contributed by atoms with Gasteiger partial charge in [-0.25, -0.2) is 0 Å². The van der Waals surface area contributed by atoms with Gasteiger partial charge in [-0.05, 0) is 43.6 Å². The molecule has 106 valence electrons. The minimum Gasteiger partial charge on any atom is -0.392 e. The molecule has 3 heteroatoms. The summed E-state index contributed by atoms with van der Waals surface area (Å²) in [6.45, 7) is 11.3. The second kappa shape index (κ2) is 5.89. The molecule has 0 radical (unpaired) electrons. The van der Waals surface area contributed by atoms with E-state index in [4.69, 9.17) is 0 Å². The van der Waals surface area contributed by atoms with Crippen molar-refractivity contribution < 1.29 is 5.11 Å². The van der Waals surface area contributed by atoms with Crippen LogP contribution in [0.15, 0.2) is 0 Å². The molecule has 2 aliphatic rings. The van der Waals surface area contributed by atoms with E-state index in [2.05, 4.69) is 31.0 Å². The van der Waals surface area contributed by atoms with Crippen LogP contribution >= 0.6 is 0 Å². The maximum Gasteiger partial charge on any atom is 0.0679 e. The van der Waals surface area contributed by atoms with E-state index in [1.807, 2.05) is 0 Å². The molecule has 18 heavy (non-hydrogen) atoms. The Kier molecular flexibility index (Phi) is 4.68. The Labute approximate surface area is 112 Å². The lowest BCUT2D eigenvalue weighted by Crippen LogP contribution is -2.45. The maximum atomic E-state index is 9.63. The first-order chi connectivity index (χ1) is 8.53. The minimum atomic E-state index is -0.0820. The molecule has 1 saturated carbocycles. The maximum absolute atomic E-state index is 9.63. The van der Waals surface area contributed by atoms with Crippen molar-refractivity contribution >= 4 is 0 Å². The Bertz CT molecular complexity index is 267. The van der Waals surface area contributed by atoms with Gasteiger partial charge >= 0.3 is 0 Å². The normalized spacial score (nSPS) is 36.3. The van der Waals surface area contributed by atoms with Crippen LogP contribution in [-0.4, -0.2) is 48.3 Å². The predicted molar refractivity (Wildman–Crippen MR) is 75.7 cm³/mol. The number of nitrogens with zero attached hydrogens (tertiary/aromatic N) is 1. The smallest absolute Gasteiger partial charge is 0.0679 e. The van der Waals surface area contributed by atoms with Crippen LogP contribution < -0.4 is 5.32 Å². The molecule has 2 fully saturated rings. The molecule has 1 aliphatic carbocycles. The summed E-state index contributed by atoms with van der Waals surface area (Å²) in [4.78, 5) is 2.46. The van der Waals surface area contributed by atoms with E-state index in [1.165, 1.54) is 25.8 Å². The first-order valence-corrected chi connectivity index (χ1v) is 7.66. The molecule has 3 unspecified atom stereocenters. The van der Waals surface area contributed by atoms with Gasteiger partial charge in [0.25, 0.3) is 0 Å². The fraction of sp³-hybridized carbons (Fsp3) is 1.00. The summed E-state index contributed by atoms with van der Waals surface area (Å²) < 4.78 is 0. The highest BCUT2D eigenvalue weighted by Gasteiger charge is 2.42. The molecule has 0 aromatic heterocycles. The molecule has 1 heterocycles. The van der Waals surface area contributed by atoms with Crippen LogP contribution in [0.25, 0.3) is 0 Å². The molecule has 1 aliphatic heterocycles. The van der Waals surface area contributed by atoms with Gasteiger partial charge in [0.05, 0.1) is 6.10 Å². The Balaban J connectivity index is 1.90. The van der Waals surface area contributed by atoms with Crippen molar-refractivity contribution in [2.24, 2.45) is 11.3 Å². The zero-order chi connectivity index (χ0) is 13.2. The summed E-state index contributed by atoms with van der Waals surface area (Å²) in [5, 5.41) is 13.4. The van der Waals surface area contributed by atoms with Gasteiger partial charge in [-0.1, -0.05) is 20.8 Å². The number of hydrogen-bond acceptors (Lipinski definition) is 3. The van der Waals surface area contributed by atoms with Crippen LogP contribution in [0.2, 0.25) is 0 Å². The van der Waals surface area contributed by atoms with Gasteiger partial charge in [0.1, 0.15) is 0 Å². The number of aliphatic hydroxyl groups is 1. The summed E-state index contributed by atoms with van der Waals surface area (Å²) >= 11 is 0. The summed E-state index contributed by atoms with van der Waals surface area (Å²) in [5.74, 6) is 0.761. The van der Waals surface area contributed by atoms with E-state index in [-0.39, 0.29) is 6.10 Å². The summed E-state index contributed by atoms with van der Waals surface area (Å²) in [5.41, 5.74) is 0.429. The molecule has 0 spiro atoms. The fourth-order valence-electron chi connectivity index (χ4n) is 3.77. The second-order valence-corrected chi connectivity index (χ2v) is 6.92. The molecular weight excluding hydrogens is 224 g/mol. The van der Waals surface area contributed by atoms with Crippen LogP contribution in [0.3, 0.4) is 0 Å². The monoisotopic (exact) mass is 254 g/mol. The molecule has 3 atom stereocenters. The van der Waals surface area contributed by atoms with E-state index in [0.29, 0.717) is 11.5 Å². The lowest BCUT2D eigenvalue weighted by atomic mass is 9.84. The van der Waals surface area contributed by atoms with Gasteiger partial charge in [0, 0.05) is 25.7 Å². The van der Waals surface area contributed by atoms with Crippen molar-refractivity contribution in [1.29, 1.82) is 0 Å². The average molecular weight is 254 g/mol. The molecule has 0 amide bonds. The van der Waals surface area contributed by atoms with Gasteiger partial charge in [-0.15, -0.1) is 0 Å². The zero-order valence-corrected chi connectivity index (χ0v) is 12.3. The molecule has 3 nitrogen and oxygen atoms in total. The number of rotatable bonds is 5. The number of nitrogens with one attached hydrogen (secondary N) is 1. The van der Waals surface area contributed by atoms with Crippen LogP contribution in [0.1, 0.15) is 46.5 Å². The molecule has 1 saturated heterocycles. The fourth-order valence-corrected chi connectivity index (χ4v) is 3.77. The number of aliphatic hydroxyl groups excluding tert-OH is 1. The number of likely N-dealkylation sites (tertiary alicyclic amines) is 1. The molecule has 2 rings (SSSR count). The van der Waals surface area contributed by atoms with Crippen molar-refractivity contribution in [2.75, 3.05) is 26.2 Å². The largest absolute Gasteiger partial charge is 0.392 e. The van der Waals surface area contributed by atoms with Crippen molar-refractivity contribution in [1.82, 2.24) is 10.2 Å². The van der Waals surface area contributed by atoms with Crippen LogP contribution in [0.5, 0.6) is 0 Å². The predicted octanol–water partition coefficient (Wildman–Crippen LogP) is 1.86. The van der Waals surface area contributed by atoms with E-state index < -0.39 is 0 Å². The van der Waals surface area contributed by atoms with Crippen LogP contribution in [0.4, 0.5) is 0 Å². The highest BCUT2D eigenvalue weighted by Crippen LogP contribution is 2.41. The topological polar surface area (TPSA) is 35.5 Å². The number of hydrogen-bond donors (Lipinski definition) is 2. The van der Waals surface area contributed by atoms with Crippen LogP contribution in [-0.2, 0) is 0 Å². The summed E-state index contributed by atoms with van der Waals surface area (Å²) in [6, 6.07) is 0.648. The van der Waals surface area contributed by atoms with E-state index in [9.17, 15) is 5.11 Å². The number of β-amino-alcohol motifs (C(OH)–C–C–N with tert-alkyl or cyclic N) is 1. The molecule has 0 bridgehead atoms. The Morgan fingerprint density at radius 3 is 2.72 bits per heavy atom. The minimum absolute atomic E-state index is 0.0820. The lowest BCUT2D eigenvalue weighted by Gasteiger charge is -2.33. The van der Waals surface area contributed by atoms with Gasteiger partial charge < -0.3 is 15.3 Å². The Morgan fingerprint density at radius 2 is 2.11 bits per heavy atom. The van der Waals surface area contributed by atoms with Gasteiger partial charge in [0.2, 0.25) is 0 Å². The zero-order valence-electron chi connectivity index (χ0n) is 12.3. The highest BCUT2D eigenvalue weighted by atomic mass is 16.3. The highest BCUT2D eigenvalue weighted by molar-refractivity contribution is 4.97. The Hall–Kier alpha value is -0.120. The summed E-state index contributed by atoms with van der Waals surface area (Å²) in [6.07, 6.45) is 4.75. The standard InChI is InChI=1S/C15H30N2O/c1-4-8-16-14-12(5-7-15(14,2)3)10-17-9-6-13(18)11-17/h12-14,16,18H,4-11H2,1-3H3. The van der Waals surface area contributed by atoms with Crippen molar-refractivity contribution in [3.05, 3.63) is 0 Å². The third kappa shape index (κ3) is 3.25. The Morgan fingerprint density at radius 1 is 1.33 bits per heavy atom. The SMILES string of the molecule is CCCNC1C(CN2CCC(O)C2)CCC1(C)C. The van der Waals surface area contributed by atoms with Gasteiger partial charge in [-0.3, -0.25) is 0 Å². The quantitative estimate of drug-likeness (QED) is 0.786. The van der Waals surface area contributed by atoms with Crippen molar-refractivity contribution in [3.8, 4) is 0 Å². The molecule has 0 aromatic rings. The van der Waals surface area contributed by atoms with Crippen LogP contribution in [0, 0.1) is 11.3 Å². The van der Waals surface area contributed by atoms with Crippen molar-refractivity contribution in [3.63, 3.8) is 0 Å². The third-order valence-corrected chi connectivity index (χ3v) is 4.83. The van der Waals surface area contributed by atoms with E-state index in [0.717, 1.165) is 32.0 Å². The molecule has 0 aromatic carbocycles. The van der Waals surface area contributed by atoms with E-state index in [1.54, 1.807) is 0 Å². The third-order valence-electron chi connectivity index (χ3n) is 4.83. The van der Waals surface area contributed by atoms with E-state index >= 15 is 0 Å². The second-order valence-electron chi connectivity index (χ2n) is 6.92. The average Bonchev–Trinajstić information content (AvgIpc) is 2.82. The van der Waals surface area contributed by atoms with Crippen molar-refractivity contribution in [2.45, 2.75) is 58.6 Å². The molecule has 2 N–H and O–H groups in total. The first kappa shape index (κ1) is 14.3. The van der Waals surface area contributed by atoms with Gasteiger partial charge in [0.15, 0.2) is 0 Å². The first-order valence-electron chi connectivity index (χ1n) is 7.66. The van der Waals surface area contributed by atoms with Gasteiger partial charge in [-0.2, -0.15) is 0 Å². The molecular formula is C15H30N2O. The summed E-state index contributed by atoms with van der Waals surface area (Å²) in [7, 11) is 0.